The number of nitrogens with one attached hydrogen (secondary N) is 1. The van der Waals surface area contributed by atoms with Gasteiger partial charge in [0.05, 0.1) is 63.9 Å². The van der Waals surface area contributed by atoms with Crippen molar-refractivity contribution in [3.63, 3.8) is 0 Å². The lowest BCUT2D eigenvalue weighted by Crippen LogP contribution is -2.01. The molecule has 0 saturated heterocycles. The van der Waals surface area contributed by atoms with Crippen LogP contribution in [0.25, 0.3) is 66.3 Å². The Kier molecular flexibility index (Phi) is 46.7. The van der Waals surface area contributed by atoms with Crippen molar-refractivity contribution in [1.29, 1.82) is 0 Å². The molecular formula is C100H153NO8. The largest absolute Gasteiger partial charge is 0.493 e. The Morgan fingerprint density at radius 1 is 0.165 bits per heavy atom. The summed E-state index contributed by atoms with van der Waals surface area (Å²) in [6, 6.07) is 36.3. The van der Waals surface area contributed by atoms with Gasteiger partial charge in [0, 0.05) is 46.2 Å². The van der Waals surface area contributed by atoms with Crippen molar-refractivity contribution >= 4 is 21.8 Å². The number of benzene rings is 6. The minimum Gasteiger partial charge on any atom is -0.493 e. The molecule has 1 heterocycles. The lowest BCUT2D eigenvalue weighted by atomic mass is 9.92. The highest BCUT2D eigenvalue weighted by molar-refractivity contribution is 6.18. The van der Waals surface area contributed by atoms with Crippen molar-refractivity contribution in [2.24, 2.45) is 0 Å². The molecule has 606 valence electrons. The minimum absolute atomic E-state index is 0.650. The highest BCUT2D eigenvalue weighted by atomic mass is 16.5. The highest BCUT2D eigenvalue weighted by Gasteiger charge is 2.22. The van der Waals surface area contributed by atoms with E-state index in [1.54, 1.807) is 0 Å². The Labute approximate surface area is 664 Å². The normalized spacial score (nSPS) is 11.5. The molecule has 0 spiro atoms. The summed E-state index contributed by atoms with van der Waals surface area (Å²) in [5, 5.41) is 2.22. The van der Waals surface area contributed by atoms with Crippen LogP contribution in [0, 0.1) is 0 Å². The summed E-state index contributed by atoms with van der Waals surface area (Å²) in [5.41, 5.74) is 10.5. The lowest BCUT2D eigenvalue weighted by molar-refractivity contribution is 0.289. The van der Waals surface area contributed by atoms with Crippen LogP contribution in [0.15, 0.2) is 97.1 Å². The van der Waals surface area contributed by atoms with Gasteiger partial charge in [-0.2, -0.15) is 0 Å². The first kappa shape index (κ1) is 89.7. The van der Waals surface area contributed by atoms with Gasteiger partial charge in [-0.05, 0) is 158 Å². The van der Waals surface area contributed by atoms with Crippen molar-refractivity contribution in [1.82, 2.24) is 4.98 Å². The van der Waals surface area contributed by atoms with Crippen LogP contribution in [0.5, 0.6) is 46.0 Å². The van der Waals surface area contributed by atoms with E-state index in [0.29, 0.717) is 52.9 Å². The number of H-pyrrole nitrogens is 1. The number of hydrogen-bond donors (Lipinski definition) is 1. The van der Waals surface area contributed by atoms with Crippen LogP contribution >= 0.6 is 0 Å². The predicted octanol–water partition coefficient (Wildman–Crippen LogP) is 31.9. The molecule has 0 saturated carbocycles. The molecule has 6 aromatic carbocycles. The molecular weight excluding hydrogens is 1340 g/mol. The van der Waals surface area contributed by atoms with Crippen LogP contribution in [-0.2, 0) is 0 Å². The van der Waals surface area contributed by atoms with E-state index in [-0.39, 0.29) is 0 Å². The van der Waals surface area contributed by atoms with Gasteiger partial charge in [0.25, 0.3) is 0 Å². The van der Waals surface area contributed by atoms with Gasteiger partial charge in [-0.1, -0.05) is 312 Å². The molecule has 9 nitrogen and oxygen atoms in total. The summed E-state index contributed by atoms with van der Waals surface area (Å²) >= 11 is 0. The van der Waals surface area contributed by atoms with E-state index in [9.17, 15) is 0 Å². The molecule has 0 aliphatic rings. The Bertz CT molecular complexity index is 3120. The lowest BCUT2D eigenvalue weighted by Gasteiger charge is -2.16. The smallest absolute Gasteiger partial charge is 0.123 e. The first-order chi connectivity index (χ1) is 53.8. The quantitative estimate of drug-likeness (QED) is 0.0377. The van der Waals surface area contributed by atoms with Crippen LogP contribution in [0.3, 0.4) is 0 Å². The van der Waals surface area contributed by atoms with Gasteiger partial charge < -0.3 is 42.9 Å². The summed E-state index contributed by atoms with van der Waals surface area (Å²) in [4.78, 5) is 4.25. The molecule has 0 unspecified atom stereocenters. The second-order valence-electron chi connectivity index (χ2n) is 31.7. The molecule has 0 aliphatic heterocycles. The molecule has 109 heavy (non-hydrogen) atoms. The third-order valence-electron chi connectivity index (χ3n) is 21.8. The molecule has 0 bridgehead atoms. The molecule has 0 atom stereocenters. The minimum atomic E-state index is 0.650. The van der Waals surface area contributed by atoms with E-state index in [4.69, 9.17) is 37.9 Å². The Morgan fingerprint density at radius 2 is 0.321 bits per heavy atom. The topological polar surface area (TPSA) is 89.6 Å². The van der Waals surface area contributed by atoms with Gasteiger partial charge in [0.2, 0.25) is 0 Å². The molecule has 0 fully saturated rings. The summed E-state index contributed by atoms with van der Waals surface area (Å²) in [6.07, 6.45) is 57.5. The number of rotatable bonds is 68. The van der Waals surface area contributed by atoms with Crippen LogP contribution < -0.4 is 37.9 Å². The molecule has 1 N–H and O–H groups in total. The number of unbranched alkanes of at least 4 members (excludes halogenated alkanes) is 40. The van der Waals surface area contributed by atoms with E-state index < -0.39 is 0 Å². The van der Waals surface area contributed by atoms with Crippen LogP contribution in [0.1, 0.15) is 364 Å². The highest BCUT2D eigenvalue weighted by Crippen LogP contribution is 2.47. The third kappa shape index (κ3) is 35.0. The SMILES string of the molecule is CCCCCCCCOc1cc(OCCCCCCCC)cc(-c2cc(-c3cc(OCCCCCCCC)cc(OCCCCCCCC)c3)c3[nH]c4c(-c5cc(OCCCCCCCC)cc(OCCCCCCCC)c5)cc(-c5cc(OCCCCCCCC)cc(OCCCCCCCC)c5)cc4c3c2)c1. The molecule has 9 heteroatoms. The van der Waals surface area contributed by atoms with Crippen LogP contribution in [-0.4, -0.2) is 57.8 Å². The van der Waals surface area contributed by atoms with Gasteiger partial charge in [0.1, 0.15) is 46.0 Å². The molecule has 0 aliphatic carbocycles. The number of ether oxygens (including phenoxy) is 8. The number of hydrogen-bond acceptors (Lipinski definition) is 8. The summed E-state index contributed by atoms with van der Waals surface area (Å²) in [6.45, 7) is 23.5. The van der Waals surface area contributed by atoms with Crippen molar-refractivity contribution in [3.8, 4) is 90.5 Å². The average Bonchev–Trinajstić information content (AvgIpc) is 1.59. The fourth-order valence-corrected chi connectivity index (χ4v) is 15.1. The van der Waals surface area contributed by atoms with E-state index in [0.717, 1.165) is 215 Å². The van der Waals surface area contributed by atoms with Gasteiger partial charge in [-0.25, -0.2) is 0 Å². The summed E-state index contributed by atoms with van der Waals surface area (Å²) in [5.74, 6) is 6.68. The Balaban J connectivity index is 1.50. The van der Waals surface area contributed by atoms with Crippen molar-refractivity contribution < 1.29 is 37.9 Å². The van der Waals surface area contributed by atoms with Crippen molar-refractivity contribution in [2.75, 3.05) is 52.9 Å². The van der Waals surface area contributed by atoms with E-state index in [1.807, 2.05) is 0 Å². The Hall–Kier alpha value is -6.48. The summed E-state index contributed by atoms with van der Waals surface area (Å²) < 4.78 is 54.9. The van der Waals surface area contributed by atoms with Gasteiger partial charge >= 0.3 is 0 Å². The van der Waals surface area contributed by atoms with E-state index in [2.05, 4.69) is 157 Å². The average molecular weight is 1500 g/mol. The predicted molar refractivity (Wildman–Crippen MR) is 469 cm³/mol. The van der Waals surface area contributed by atoms with Crippen LogP contribution in [0.2, 0.25) is 0 Å². The standard InChI is InChI=1S/C100H153NO8/c1-9-17-25-33-41-49-57-102-87-65-81(66-88(77-87)103-58-50-42-34-26-18-10-2)83-73-95(85-69-91(106-61-53-45-37-29-21-13-5)79-92(70-85)107-62-54-46-38-30-22-14-6)99-97(75-83)98-76-84(82-67-89(104-59-51-43-35-27-19-11-3)78-90(68-82)105-60-52-44-36-28-20-12-4)74-96(100(98)101-99)86-71-93(108-63-55-47-39-31-23-15-7)80-94(72-86)109-64-56-48-40-32-24-16-8/h65-80,101H,9-64H2,1-8H3. The van der Waals surface area contributed by atoms with Crippen molar-refractivity contribution in [2.45, 2.75) is 364 Å². The molecule has 1 aromatic heterocycles. The fraction of sp³-hybridized carbons (Fsp3) is 0.640. The second kappa shape index (κ2) is 56.7. The zero-order chi connectivity index (χ0) is 76.8. The Morgan fingerprint density at radius 3 is 0.505 bits per heavy atom. The first-order valence-corrected chi connectivity index (χ1v) is 45.6. The van der Waals surface area contributed by atoms with E-state index >= 15 is 0 Å². The van der Waals surface area contributed by atoms with Crippen molar-refractivity contribution in [3.05, 3.63) is 97.1 Å². The van der Waals surface area contributed by atoms with Gasteiger partial charge in [0.15, 0.2) is 0 Å². The fourth-order valence-electron chi connectivity index (χ4n) is 15.1. The maximum absolute atomic E-state index is 6.88. The first-order valence-electron chi connectivity index (χ1n) is 45.6. The van der Waals surface area contributed by atoms with Crippen LogP contribution in [0.4, 0.5) is 0 Å². The monoisotopic (exact) mass is 1500 g/mol. The number of aromatic amines is 1. The van der Waals surface area contributed by atoms with E-state index in [1.165, 1.54) is 205 Å². The van der Waals surface area contributed by atoms with Gasteiger partial charge in [-0.3, -0.25) is 0 Å². The number of aromatic nitrogens is 1. The molecule has 7 rings (SSSR count). The maximum Gasteiger partial charge on any atom is 0.123 e. The summed E-state index contributed by atoms with van der Waals surface area (Å²) in [7, 11) is 0. The van der Waals surface area contributed by atoms with Gasteiger partial charge in [-0.15, -0.1) is 0 Å². The maximum atomic E-state index is 6.88. The number of fused-ring (bicyclic) bond motifs is 3. The zero-order valence-corrected chi connectivity index (χ0v) is 70.6. The molecule has 0 radical (unpaired) electrons. The zero-order valence-electron chi connectivity index (χ0n) is 70.6. The molecule has 7 aromatic rings. The second-order valence-corrected chi connectivity index (χ2v) is 31.7. The molecule has 0 amide bonds. The third-order valence-corrected chi connectivity index (χ3v) is 21.8.